The molecular weight excluding hydrogens is 154 g/mol. The molecule has 0 aliphatic carbocycles. The van der Waals surface area contributed by atoms with Gasteiger partial charge in [-0.15, -0.1) is 6.58 Å². The number of carbonyl (C=O) groups excluding carboxylic acids is 1. The Balaban J connectivity index is 2.65. The van der Waals surface area contributed by atoms with Crippen LogP contribution in [0.2, 0.25) is 0 Å². The predicted molar refractivity (Wildman–Crippen MR) is 45.7 cm³/mol. The van der Waals surface area contributed by atoms with Gasteiger partial charge in [0.05, 0.1) is 0 Å². The average Bonchev–Trinajstić information content (AvgIpc) is 2.47. The van der Waals surface area contributed by atoms with Gasteiger partial charge in [0.25, 0.3) is 5.91 Å². The van der Waals surface area contributed by atoms with Crippen LogP contribution in [0.3, 0.4) is 0 Å². The van der Waals surface area contributed by atoms with Gasteiger partial charge in [-0.3, -0.25) is 9.48 Å². The Bertz CT molecular complexity index is 290. The number of amides is 1. The van der Waals surface area contributed by atoms with Crippen LogP contribution in [-0.4, -0.2) is 22.2 Å². The quantitative estimate of drug-likeness (QED) is 0.656. The summed E-state index contributed by atoms with van der Waals surface area (Å²) in [6.45, 7) is 3.98. The molecule has 4 nitrogen and oxygen atoms in total. The number of nitrogens with zero attached hydrogens (tertiary/aromatic N) is 2. The summed E-state index contributed by atoms with van der Waals surface area (Å²) in [5.41, 5.74) is 0.553. The minimum atomic E-state index is -0.130. The van der Waals surface area contributed by atoms with E-state index in [9.17, 15) is 4.79 Å². The number of hydrogen-bond donors (Lipinski definition) is 1. The zero-order valence-electron chi connectivity index (χ0n) is 6.95. The van der Waals surface area contributed by atoms with Crippen LogP contribution in [-0.2, 0) is 7.05 Å². The Morgan fingerprint density at radius 3 is 3.17 bits per heavy atom. The van der Waals surface area contributed by atoms with Crippen molar-refractivity contribution in [2.45, 2.75) is 0 Å². The highest BCUT2D eigenvalue weighted by atomic mass is 16.2. The van der Waals surface area contributed by atoms with Gasteiger partial charge in [-0.05, 0) is 6.07 Å². The molecule has 0 aromatic carbocycles. The largest absolute Gasteiger partial charge is 0.347 e. The SMILES string of the molecule is C=CCNC(=O)c1ccnn1C. The molecule has 1 aromatic rings. The third-order valence-corrected chi connectivity index (χ3v) is 1.46. The predicted octanol–water partition coefficient (Wildman–Crippen LogP) is 0.336. The van der Waals surface area contributed by atoms with E-state index in [1.165, 1.54) is 4.68 Å². The van der Waals surface area contributed by atoms with E-state index in [1.807, 2.05) is 0 Å². The van der Waals surface area contributed by atoms with E-state index in [-0.39, 0.29) is 5.91 Å². The minimum absolute atomic E-state index is 0.130. The fourth-order valence-electron chi connectivity index (χ4n) is 0.852. The summed E-state index contributed by atoms with van der Waals surface area (Å²) in [5, 5.41) is 6.53. The molecule has 12 heavy (non-hydrogen) atoms. The first kappa shape index (κ1) is 8.52. The summed E-state index contributed by atoms with van der Waals surface area (Å²) < 4.78 is 1.53. The van der Waals surface area contributed by atoms with Crippen LogP contribution < -0.4 is 5.32 Å². The first-order chi connectivity index (χ1) is 5.75. The molecule has 0 unspecified atom stereocenters. The van der Waals surface area contributed by atoms with Crippen molar-refractivity contribution in [3.05, 3.63) is 30.6 Å². The van der Waals surface area contributed by atoms with Gasteiger partial charge >= 0.3 is 0 Å². The summed E-state index contributed by atoms with van der Waals surface area (Å²) in [4.78, 5) is 11.3. The molecule has 0 atom stereocenters. The van der Waals surface area contributed by atoms with Crippen LogP contribution in [0, 0.1) is 0 Å². The molecule has 1 rings (SSSR count). The Labute approximate surface area is 70.9 Å². The average molecular weight is 165 g/mol. The van der Waals surface area contributed by atoms with E-state index >= 15 is 0 Å². The Morgan fingerprint density at radius 1 is 1.92 bits per heavy atom. The second-order valence-electron chi connectivity index (χ2n) is 2.34. The molecule has 0 saturated heterocycles. The first-order valence-corrected chi connectivity index (χ1v) is 3.63. The highest BCUT2D eigenvalue weighted by Crippen LogP contribution is 1.94. The van der Waals surface area contributed by atoms with Crippen LogP contribution in [0.4, 0.5) is 0 Å². The molecule has 0 radical (unpaired) electrons. The second-order valence-corrected chi connectivity index (χ2v) is 2.34. The molecule has 1 aromatic heterocycles. The maximum atomic E-state index is 11.3. The topological polar surface area (TPSA) is 46.9 Å². The molecule has 0 aliphatic rings. The summed E-state index contributed by atoms with van der Waals surface area (Å²) in [5.74, 6) is -0.130. The molecule has 1 N–H and O–H groups in total. The van der Waals surface area contributed by atoms with Gasteiger partial charge in [0, 0.05) is 19.8 Å². The van der Waals surface area contributed by atoms with Gasteiger partial charge in [0.2, 0.25) is 0 Å². The molecule has 64 valence electrons. The van der Waals surface area contributed by atoms with E-state index in [0.717, 1.165) is 0 Å². The van der Waals surface area contributed by atoms with E-state index in [0.29, 0.717) is 12.2 Å². The molecule has 0 bridgehead atoms. The van der Waals surface area contributed by atoms with Gasteiger partial charge in [0.15, 0.2) is 0 Å². The normalized spacial score (nSPS) is 9.42. The smallest absolute Gasteiger partial charge is 0.269 e. The monoisotopic (exact) mass is 165 g/mol. The maximum Gasteiger partial charge on any atom is 0.269 e. The van der Waals surface area contributed by atoms with Crippen molar-refractivity contribution in [3.63, 3.8) is 0 Å². The fraction of sp³-hybridized carbons (Fsp3) is 0.250. The van der Waals surface area contributed by atoms with Gasteiger partial charge in [0.1, 0.15) is 5.69 Å². The Kier molecular flexibility index (Phi) is 2.63. The highest BCUT2D eigenvalue weighted by Gasteiger charge is 2.06. The third kappa shape index (κ3) is 1.72. The van der Waals surface area contributed by atoms with E-state index in [2.05, 4.69) is 17.0 Å². The lowest BCUT2D eigenvalue weighted by Crippen LogP contribution is -2.25. The number of hydrogen-bond acceptors (Lipinski definition) is 2. The summed E-state index contributed by atoms with van der Waals surface area (Å²) in [6, 6.07) is 1.67. The van der Waals surface area contributed by atoms with E-state index < -0.39 is 0 Å². The number of aryl methyl sites for hydroxylation is 1. The molecule has 0 aliphatic heterocycles. The lowest BCUT2D eigenvalue weighted by Gasteiger charge is -2.01. The van der Waals surface area contributed by atoms with Crippen LogP contribution in [0.25, 0.3) is 0 Å². The van der Waals surface area contributed by atoms with Crippen molar-refractivity contribution in [2.24, 2.45) is 7.05 Å². The van der Waals surface area contributed by atoms with Crippen LogP contribution in [0.15, 0.2) is 24.9 Å². The minimum Gasteiger partial charge on any atom is -0.347 e. The summed E-state index contributed by atoms with van der Waals surface area (Å²) >= 11 is 0. The molecule has 0 saturated carbocycles. The maximum absolute atomic E-state index is 11.3. The van der Waals surface area contributed by atoms with Crippen molar-refractivity contribution in [1.82, 2.24) is 15.1 Å². The Hall–Kier alpha value is -1.58. The summed E-state index contributed by atoms with van der Waals surface area (Å²) in [6.07, 6.45) is 3.22. The highest BCUT2D eigenvalue weighted by molar-refractivity contribution is 5.92. The number of rotatable bonds is 3. The molecule has 0 fully saturated rings. The zero-order valence-corrected chi connectivity index (χ0v) is 6.95. The molecule has 0 spiro atoms. The molecule has 1 heterocycles. The van der Waals surface area contributed by atoms with Gasteiger partial charge in [-0.25, -0.2) is 0 Å². The third-order valence-electron chi connectivity index (χ3n) is 1.46. The standard InChI is InChI=1S/C8H11N3O/c1-3-5-9-8(12)7-4-6-10-11(7)2/h3-4,6H,1,5H2,2H3,(H,9,12). The number of aromatic nitrogens is 2. The first-order valence-electron chi connectivity index (χ1n) is 3.63. The fourth-order valence-corrected chi connectivity index (χ4v) is 0.852. The van der Waals surface area contributed by atoms with Gasteiger partial charge < -0.3 is 5.32 Å². The lowest BCUT2D eigenvalue weighted by molar-refractivity contribution is 0.0948. The van der Waals surface area contributed by atoms with Crippen molar-refractivity contribution in [2.75, 3.05) is 6.54 Å². The zero-order chi connectivity index (χ0) is 8.97. The second kappa shape index (κ2) is 3.71. The van der Waals surface area contributed by atoms with Crippen molar-refractivity contribution in [3.8, 4) is 0 Å². The number of carbonyl (C=O) groups is 1. The van der Waals surface area contributed by atoms with Crippen LogP contribution >= 0.6 is 0 Å². The molecular formula is C8H11N3O. The molecule has 1 amide bonds. The summed E-state index contributed by atoms with van der Waals surface area (Å²) in [7, 11) is 1.73. The molecule has 4 heteroatoms. The van der Waals surface area contributed by atoms with Crippen molar-refractivity contribution in [1.29, 1.82) is 0 Å². The van der Waals surface area contributed by atoms with Crippen LogP contribution in [0.1, 0.15) is 10.5 Å². The van der Waals surface area contributed by atoms with Gasteiger partial charge in [-0.2, -0.15) is 5.10 Å². The van der Waals surface area contributed by atoms with E-state index in [1.54, 1.807) is 25.4 Å². The Morgan fingerprint density at radius 2 is 2.67 bits per heavy atom. The lowest BCUT2D eigenvalue weighted by atomic mass is 10.4. The van der Waals surface area contributed by atoms with E-state index in [4.69, 9.17) is 0 Å². The van der Waals surface area contributed by atoms with Gasteiger partial charge in [-0.1, -0.05) is 6.08 Å². The van der Waals surface area contributed by atoms with Crippen molar-refractivity contribution < 1.29 is 4.79 Å². The van der Waals surface area contributed by atoms with Crippen LogP contribution in [0.5, 0.6) is 0 Å². The van der Waals surface area contributed by atoms with Crippen molar-refractivity contribution >= 4 is 5.91 Å². The number of nitrogens with one attached hydrogen (secondary N) is 1.